The summed E-state index contributed by atoms with van der Waals surface area (Å²) in [4.78, 5) is 2.16. The van der Waals surface area contributed by atoms with E-state index in [0.29, 0.717) is 6.54 Å². The van der Waals surface area contributed by atoms with E-state index in [4.69, 9.17) is 0 Å². The van der Waals surface area contributed by atoms with Gasteiger partial charge in [0.15, 0.2) is 0 Å². The van der Waals surface area contributed by atoms with Crippen molar-refractivity contribution in [3.05, 3.63) is 24.3 Å². The Morgan fingerprint density at radius 3 is 2.21 bits per heavy atom. The number of hydrogen-bond donors (Lipinski definition) is 2. The average Bonchev–Trinajstić information content (AvgIpc) is 2.38. The van der Waals surface area contributed by atoms with Crippen molar-refractivity contribution < 1.29 is 13.5 Å². The minimum Gasteiger partial charge on any atom is -0.394 e. The van der Waals surface area contributed by atoms with Gasteiger partial charge in [0.2, 0.25) is 10.0 Å². The highest BCUT2D eigenvalue weighted by Gasteiger charge is 2.23. The first-order valence-corrected chi connectivity index (χ1v) is 7.67. The summed E-state index contributed by atoms with van der Waals surface area (Å²) >= 11 is 0. The molecule has 0 spiro atoms. The van der Waals surface area contributed by atoms with Crippen molar-refractivity contribution in [2.45, 2.75) is 31.2 Å². The minimum atomic E-state index is -3.41. The number of benzene rings is 1. The molecule has 19 heavy (non-hydrogen) atoms. The molecular formula is C13H22N2O3S. The van der Waals surface area contributed by atoms with E-state index in [-0.39, 0.29) is 11.5 Å². The van der Waals surface area contributed by atoms with Gasteiger partial charge in [0.25, 0.3) is 0 Å². The van der Waals surface area contributed by atoms with E-state index in [1.807, 2.05) is 25.8 Å². The predicted octanol–water partition coefficient (Wildman–Crippen LogP) is 1.19. The van der Waals surface area contributed by atoms with Gasteiger partial charge in [-0.25, -0.2) is 13.1 Å². The Kier molecular flexibility index (Phi) is 4.95. The van der Waals surface area contributed by atoms with Crippen molar-refractivity contribution in [2.24, 2.45) is 0 Å². The summed E-state index contributed by atoms with van der Waals surface area (Å²) in [6.07, 6.45) is 0. The highest BCUT2D eigenvalue weighted by Crippen LogP contribution is 2.23. The lowest BCUT2D eigenvalue weighted by atomic mass is 10.0. The van der Waals surface area contributed by atoms with Crippen molar-refractivity contribution in [1.29, 1.82) is 0 Å². The zero-order valence-corrected chi connectivity index (χ0v) is 12.7. The lowest BCUT2D eigenvalue weighted by molar-refractivity contribution is 0.216. The van der Waals surface area contributed by atoms with Gasteiger partial charge in [-0.2, -0.15) is 0 Å². The van der Waals surface area contributed by atoms with E-state index < -0.39 is 15.6 Å². The summed E-state index contributed by atoms with van der Waals surface area (Å²) < 4.78 is 26.1. The van der Waals surface area contributed by atoms with Gasteiger partial charge < -0.3 is 10.0 Å². The van der Waals surface area contributed by atoms with Crippen LogP contribution in [-0.2, 0) is 10.0 Å². The van der Waals surface area contributed by atoms with E-state index in [1.54, 1.807) is 31.2 Å². The molecule has 0 heterocycles. The highest BCUT2D eigenvalue weighted by atomic mass is 32.2. The van der Waals surface area contributed by atoms with Crippen molar-refractivity contribution >= 4 is 15.7 Å². The number of hydrogen-bond acceptors (Lipinski definition) is 4. The van der Waals surface area contributed by atoms with E-state index in [1.165, 1.54) is 0 Å². The summed E-state index contributed by atoms with van der Waals surface area (Å²) in [7, 11) is -1.55. The number of nitrogens with zero attached hydrogens (tertiary/aromatic N) is 1. The molecule has 0 saturated carbocycles. The molecule has 0 aliphatic heterocycles. The molecule has 1 aromatic carbocycles. The number of sulfonamides is 1. The molecule has 0 atom stereocenters. The topological polar surface area (TPSA) is 69.6 Å². The molecular weight excluding hydrogens is 264 g/mol. The van der Waals surface area contributed by atoms with Crippen LogP contribution in [0.2, 0.25) is 0 Å². The molecule has 5 nitrogen and oxygen atoms in total. The van der Waals surface area contributed by atoms with Crippen molar-refractivity contribution in [3.63, 3.8) is 0 Å². The first-order chi connectivity index (χ1) is 8.74. The van der Waals surface area contributed by atoms with Crippen molar-refractivity contribution in [3.8, 4) is 0 Å². The third-order valence-corrected chi connectivity index (χ3v) is 4.73. The van der Waals surface area contributed by atoms with Crippen LogP contribution in [-0.4, -0.2) is 39.3 Å². The fraction of sp³-hybridized carbons (Fsp3) is 0.538. The molecule has 0 radical (unpaired) electrons. The Morgan fingerprint density at radius 2 is 1.79 bits per heavy atom. The van der Waals surface area contributed by atoms with Gasteiger partial charge in [-0.15, -0.1) is 0 Å². The summed E-state index contributed by atoms with van der Waals surface area (Å²) in [6.45, 7) is 5.94. The Balaban J connectivity index is 3.01. The molecule has 0 amide bonds. The Morgan fingerprint density at radius 1 is 1.26 bits per heavy atom. The predicted molar refractivity (Wildman–Crippen MR) is 76.9 cm³/mol. The summed E-state index contributed by atoms with van der Waals surface area (Å²) in [6, 6.07) is 6.61. The van der Waals surface area contributed by atoms with Crippen LogP contribution >= 0.6 is 0 Å². The fourth-order valence-corrected chi connectivity index (χ4v) is 2.62. The summed E-state index contributed by atoms with van der Waals surface area (Å²) in [5, 5.41) is 9.33. The molecule has 1 rings (SSSR count). The Bertz CT molecular complexity index is 509. The maximum atomic E-state index is 11.8. The van der Waals surface area contributed by atoms with Gasteiger partial charge in [-0.1, -0.05) is 6.92 Å². The van der Waals surface area contributed by atoms with Gasteiger partial charge in [-0.3, -0.25) is 0 Å². The monoisotopic (exact) mass is 286 g/mol. The maximum absolute atomic E-state index is 11.8. The summed E-state index contributed by atoms with van der Waals surface area (Å²) in [5.74, 6) is 0. The molecule has 0 aromatic heterocycles. The number of rotatable bonds is 6. The average molecular weight is 286 g/mol. The number of aliphatic hydroxyl groups excluding tert-OH is 1. The van der Waals surface area contributed by atoms with E-state index in [9.17, 15) is 13.5 Å². The normalized spacial score (nSPS) is 12.5. The third kappa shape index (κ3) is 3.68. The maximum Gasteiger partial charge on any atom is 0.240 e. The molecule has 0 aliphatic carbocycles. The van der Waals surface area contributed by atoms with Gasteiger partial charge in [0.1, 0.15) is 0 Å². The van der Waals surface area contributed by atoms with Crippen molar-refractivity contribution in [2.75, 3.05) is 25.1 Å². The molecule has 108 valence electrons. The van der Waals surface area contributed by atoms with E-state index in [2.05, 4.69) is 4.72 Å². The second kappa shape index (κ2) is 5.90. The lowest BCUT2D eigenvalue weighted by Gasteiger charge is -2.35. The Labute approximate surface area is 115 Å². The molecule has 0 bridgehead atoms. The third-order valence-electron chi connectivity index (χ3n) is 3.16. The number of likely N-dealkylation sites (N-methyl/N-ethyl adjacent to an activating group) is 1. The second-order valence-electron chi connectivity index (χ2n) is 5.02. The van der Waals surface area contributed by atoms with E-state index >= 15 is 0 Å². The van der Waals surface area contributed by atoms with Gasteiger partial charge in [0.05, 0.1) is 17.0 Å². The van der Waals surface area contributed by atoms with Gasteiger partial charge >= 0.3 is 0 Å². The Hall–Kier alpha value is -1.11. The van der Waals surface area contributed by atoms with Crippen LogP contribution < -0.4 is 9.62 Å². The van der Waals surface area contributed by atoms with Crippen LogP contribution in [0, 0.1) is 0 Å². The molecule has 0 aliphatic rings. The molecule has 0 saturated heterocycles. The highest BCUT2D eigenvalue weighted by molar-refractivity contribution is 7.89. The van der Waals surface area contributed by atoms with Crippen LogP contribution in [0.5, 0.6) is 0 Å². The molecule has 2 N–H and O–H groups in total. The smallest absolute Gasteiger partial charge is 0.240 e. The fourth-order valence-electron chi connectivity index (χ4n) is 1.58. The largest absolute Gasteiger partial charge is 0.394 e. The second-order valence-corrected chi connectivity index (χ2v) is 6.79. The number of aliphatic hydroxyl groups is 1. The SMILES string of the molecule is CCNS(=O)(=O)c1ccc(N(C)C(C)(C)CO)cc1. The van der Waals surface area contributed by atoms with Crippen LogP contribution in [0.15, 0.2) is 29.2 Å². The first-order valence-electron chi connectivity index (χ1n) is 6.19. The van der Waals surface area contributed by atoms with Crippen LogP contribution in [0.4, 0.5) is 5.69 Å². The van der Waals surface area contributed by atoms with Crippen LogP contribution in [0.25, 0.3) is 0 Å². The van der Waals surface area contributed by atoms with Gasteiger partial charge in [-0.05, 0) is 38.1 Å². The quantitative estimate of drug-likeness (QED) is 0.824. The van der Waals surface area contributed by atoms with Crippen LogP contribution in [0.3, 0.4) is 0 Å². The molecule has 6 heteroatoms. The van der Waals surface area contributed by atoms with E-state index in [0.717, 1.165) is 5.69 Å². The molecule has 0 unspecified atom stereocenters. The standard InChI is InChI=1S/C13H22N2O3S/c1-5-14-19(17,18)12-8-6-11(7-9-12)15(4)13(2,3)10-16/h6-9,14,16H,5,10H2,1-4H3. The first kappa shape index (κ1) is 15.9. The lowest BCUT2D eigenvalue weighted by Crippen LogP contribution is -2.44. The summed E-state index contributed by atoms with van der Waals surface area (Å²) in [5.41, 5.74) is 0.455. The number of anilines is 1. The molecule has 0 fully saturated rings. The van der Waals surface area contributed by atoms with Gasteiger partial charge in [0, 0.05) is 19.3 Å². The number of nitrogens with one attached hydrogen (secondary N) is 1. The molecule has 1 aromatic rings. The zero-order valence-electron chi connectivity index (χ0n) is 11.8. The minimum absolute atomic E-state index is 0.0148. The zero-order chi connectivity index (χ0) is 14.7. The van der Waals surface area contributed by atoms with Crippen molar-refractivity contribution in [1.82, 2.24) is 4.72 Å². The van der Waals surface area contributed by atoms with Crippen LogP contribution in [0.1, 0.15) is 20.8 Å².